The lowest BCUT2D eigenvalue weighted by molar-refractivity contribution is -0.132. The average Bonchev–Trinajstić information content (AvgIpc) is 2.52. The van der Waals surface area contributed by atoms with Crippen LogP contribution in [0.15, 0.2) is 24.3 Å². The molecule has 0 atom stereocenters. The van der Waals surface area contributed by atoms with Gasteiger partial charge in [-0.2, -0.15) is 0 Å². The molecule has 5 nitrogen and oxygen atoms in total. The van der Waals surface area contributed by atoms with E-state index in [2.05, 4.69) is 36.3 Å². The number of hydrogen-bond donors (Lipinski definition) is 1. The van der Waals surface area contributed by atoms with Crippen molar-refractivity contribution in [2.24, 2.45) is 5.41 Å². The highest BCUT2D eigenvalue weighted by molar-refractivity contribution is 5.79. The smallest absolute Gasteiger partial charge is 0.227 e. The van der Waals surface area contributed by atoms with Crippen LogP contribution in [0.3, 0.4) is 0 Å². The van der Waals surface area contributed by atoms with Crippen molar-refractivity contribution < 1.29 is 9.53 Å². The highest BCUT2D eigenvalue weighted by Gasteiger charge is 2.32. The summed E-state index contributed by atoms with van der Waals surface area (Å²) in [6.07, 6.45) is 0.486. The van der Waals surface area contributed by atoms with Gasteiger partial charge in [0.15, 0.2) is 0 Å². The number of benzene rings is 1. The zero-order valence-corrected chi connectivity index (χ0v) is 14.2. The minimum absolute atomic E-state index is 0.231. The second kappa shape index (κ2) is 6.89. The third kappa shape index (κ3) is 4.24. The number of nitrogens with one attached hydrogen (secondary N) is 1. The van der Waals surface area contributed by atoms with Crippen LogP contribution in [0.1, 0.15) is 12.5 Å². The van der Waals surface area contributed by atoms with Crippen LogP contribution >= 0.6 is 0 Å². The lowest BCUT2D eigenvalue weighted by Gasteiger charge is -2.38. The number of rotatable bonds is 5. The molecule has 1 N–H and O–H groups in total. The lowest BCUT2D eigenvalue weighted by atomic mass is 9.88. The van der Waals surface area contributed by atoms with Gasteiger partial charge in [0.25, 0.3) is 0 Å². The molecule has 2 fully saturated rings. The number of anilines is 1. The minimum Gasteiger partial charge on any atom is -0.384 e. The highest BCUT2D eigenvalue weighted by Crippen LogP contribution is 2.27. The molecule has 2 aliphatic heterocycles. The first kappa shape index (κ1) is 16.3. The number of piperazine rings is 1. The first-order chi connectivity index (χ1) is 11.0. The molecule has 5 heteroatoms. The van der Waals surface area contributed by atoms with Crippen LogP contribution in [0.4, 0.5) is 5.69 Å². The molecule has 1 aromatic carbocycles. The average molecular weight is 317 g/mol. The molecule has 3 rings (SSSR count). The molecule has 1 amide bonds. The highest BCUT2D eigenvalue weighted by atomic mass is 16.5. The van der Waals surface area contributed by atoms with Gasteiger partial charge in [-0.1, -0.05) is 19.1 Å². The summed E-state index contributed by atoms with van der Waals surface area (Å²) in [5.41, 5.74) is 2.40. The van der Waals surface area contributed by atoms with Crippen molar-refractivity contribution >= 4 is 11.6 Å². The molecule has 0 spiro atoms. The van der Waals surface area contributed by atoms with Crippen LogP contribution in [-0.4, -0.2) is 68.7 Å². The second-order valence-electron chi connectivity index (χ2n) is 7.22. The standard InChI is InChI=1S/C18H27N3O2/c1-18(13-23-14-18)12-19-16-5-3-4-15(10-16)11-17(22)21-8-6-20(2)7-9-21/h3-5,10,19H,6-9,11-14H2,1-2H3. The lowest BCUT2D eigenvalue weighted by Crippen LogP contribution is -2.47. The van der Waals surface area contributed by atoms with Gasteiger partial charge in [0.1, 0.15) is 0 Å². The molecule has 2 aliphatic rings. The van der Waals surface area contributed by atoms with Gasteiger partial charge in [-0.3, -0.25) is 4.79 Å². The summed E-state index contributed by atoms with van der Waals surface area (Å²) in [4.78, 5) is 16.7. The Morgan fingerprint density at radius 2 is 2.00 bits per heavy atom. The van der Waals surface area contributed by atoms with Crippen LogP contribution in [0.25, 0.3) is 0 Å². The van der Waals surface area contributed by atoms with E-state index < -0.39 is 0 Å². The molecule has 2 saturated heterocycles. The summed E-state index contributed by atoms with van der Waals surface area (Å²) in [6, 6.07) is 8.21. The van der Waals surface area contributed by atoms with Gasteiger partial charge >= 0.3 is 0 Å². The third-order valence-electron chi connectivity index (χ3n) is 4.76. The van der Waals surface area contributed by atoms with Crippen molar-refractivity contribution in [2.75, 3.05) is 58.3 Å². The zero-order valence-electron chi connectivity index (χ0n) is 14.2. The maximum absolute atomic E-state index is 12.4. The van der Waals surface area contributed by atoms with E-state index >= 15 is 0 Å². The molecule has 2 heterocycles. The van der Waals surface area contributed by atoms with E-state index in [1.54, 1.807) is 0 Å². The van der Waals surface area contributed by atoms with Gasteiger partial charge in [-0.25, -0.2) is 0 Å². The van der Waals surface area contributed by atoms with E-state index in [0.29, 0.717) is 6.42 Å². The first-order valence-electron chi connectivity index (χ1n) is 8.41. The number of hydrogen-bond acceptors (Lipinski definition) is 4. The fourth-order valence-electron chi connectivity index (χ4n) is 3.00. The van der Waals surface area contributed by atoms with E-state index in [1.807, 2.05) is 17.0 Å². The quantitative estimate of drug-likeness (QED) is 0.893. The minimum atomic E-state index is 0.231. The maximum atomic E-state index is 12.4. The molecule has 0 aromatic heterocycles. The summed E-state index contributed by atoms with van der Waals surface area (Å²) < 4.78 is 5.28. The predicted octanol–water partition coefficient (Wildman–Crippen LogP) is 1.45. The van der Waals surface area contributed by atoms with Crippen molar-refractivity contribution in [2.45, 2.75) is 13.3 Å². The van der Waals surface area contributed by atoms with Crippen molar-refractivity contribution in [1.82, 2.24) is 9.80 Å². The van der Waals surface area contributed by atoms with Crippen molar-refractivity contribution in [3.8, 4) is 0 Å². The van der Waals surface area contributed by atoms with Crippen LogP contribution in [0, 0.1) is 5.41 Å². The second-order valence-corrected chi connectivity index (χ2v) is 7.22. The summed E-state index contributed by atoms with van der Waals surface area (Å²) >= 11 is 0. The summed E-state index contributed by atoms with van der Waals surface area (Å²) in [5, 5.41) is 3.47. The maximum Gasteiger partial charge on any atom is 0.227 e. The number of likely N-dealkylation sites (N-methyl/N-ethyl adjacent to an activating group) is 1. The normalized spacial score (nSPS) is 20.9. The molecular formula is C18H27N3O2. The monoisotopic (exact) mass is 317 g/mol. The number of carbonyl (C=O) groups is 1. The number of nitrogens with zero attached hydrogens (tertiary/aromatic N) is 2. The Hall–Kier alpha value is -1.59. The Balaban J connectivity index is 1.53. The van der Waals surface area contributed by atoms with E-state index in [4.69, 9.17) is 4.74 Å². The van der Waals surface area contributed by atoms with Gasteiger partial charge in [-0.15, -0.1) is 0 Å². The predicted molar refractivity (Wildman–Crippen MR) is 91.6 cm³/mol. The Bertz CT molecular complexity index is 549. The van der Waals surface area contributed by atoms with Gasteiger partial charge in [0.05, 0.1) is 19.6 Å². The Kier molecular flexibility index (Phi) is 4.87. The summed E-state index contributed by atoms with van der Waals surface area (Å²) in [7, 11) is 2.10. The van der Waals surface area contributed by atoms with Gasteiger partial charge in [0, 0.05) is 43.8 Å². The third-order valence-corrected chi connectivity index (χ3v) is 4.76. The molecule has 126 valence electrons. The van der Waals surface area contributed by atoms with Gasteiger partial charge in [0.2, 0.25) is 5.91 Å². The van der Waals surface area contributed by atoms with Crippen molar-refractivity contribution in [3.05, 3.63) is 29.8 Å². The van der Waals surface area contributed by atoms with E-state index in [0.717, 1.165) is 57.2 Å². The van der Waals surface area contributed by atoms with E-state index in [1.165, 1.54) is 0 Å². The van der Waals surface area contributed by atoms with Crippen molar-refractivity contribution in [3.63, 3.8) is 0 Å². The summed E-state index contributed by atoms with van der Waals surface area (Å²) in [6.45, 7) is 8.38. The molecule has 0 unspecified atom stereocenters. The molecule has 0 radical (unpaired) electrons. The van der Waals surface area contributed by atoms with E-state index in [9.17, 15) is 4.79 Å². The van der Waals surface area contributed by atoms with Gasteiger partial charge < -0.3 is 19.9 Å². The number of ether oxygens (including phenoxy) is 1. The van der Waals surface area contributed by atoms with Crippen LogP contribution in [0.2, 0.25) is 0 Å². The molecule has 0 bridgehead atoms. The molecular weight excluding hydrogens is 290 g/mol. The molecule has 23 heavy (non-hydrogen) atoms. The zero-order chi connectivity index (χ0) is 16.3. The van der Waals surface area contributed by atoms with Crippen LogP contribution in [-0.2, 0) is 16.0 Å². The van der Waals surface area contributed by atoms with Crippen LogP contribution < -0.4 is 5.32 Å². The Morgan fingerprint density at radius 1 is 1.26 bits per heavy atom. The number of amides is 1. The summed E-state index contributed by atoms with van der Waals surface area (Å²) in [5.74, 6) is 0.231. The molecule has 1 aromatic rings. The van der Waals surface area contributed by atoms with Gasteiger partial charge in [-0.05, 0) is 24.7 Å². The molecule has 0 saturated carbocycles. The fraction of sp³-hybridized carbons (Fsp3) is 0.611. The van der Waals surface area contributed by atoms with Crippen molar-refractivity contribution in [1.29, 1.82) is 0 Å². The topological polar surface area (TPSA) is 44.8 Å². The number of carbonyl (C=O) groups excluding carboxylic acids is 1. The SMILES string of the molecule is CN1CCN(C(=O)Cc2cccc(NCC3(C)COC3)c2)CC1. The molecule has 0 aliphatic carbocycles. The largest absolute Gasteiger partial charge is 0.384 e. The van der Waals surface area contributed by atoms with Crippen LogP contribution in [0.5, 0.6) is 0 Å². The van der Waals surface area contributed by atoms with E-state index in [-0.39, 0.29) is 11.3 Å². The fourth-order valence-corrected chi connectivity index (χ4v) is 3.00. The Morgan fingerprint density at radius 3 is 2.65 bits per heavy atom. The Labute approximate surface area is 138 Å². The first-order valence-corrected chi connectivity index (χ1v) is 8.41.